The molecular weight excluding hydrogens is 435 g/mol. The topological polar surface area (TPSA) is 91.4 Å². The van der Waals surface area contributed by atoms with Crippen LogP contribution < -0.4 is 5.73 Å². The molecule has 7 nitrogen and oxygen atoms in total. The van der Waals surface area contributed by atoms with Crippen LogP contribution in [0.15, 0.2) is 4.99 Å². The molecule has 1 aliphatic heterocycles. The Morgan fingerprint density at radius 3 is 2.00 bits per heavy atom. The van der Waals surface area contributed by atoms with Gasteiger partial charge in [-0.15, -0.1) is 24.0 Å². The number of aliphatic imine (C=N–C) groups is 1. The first-order valence-electron chi connectivity index (χ1n) is 8.80. The fourth-order valence-corrected chi connectivity index (χ4v) is 2.54. The van der Waals surface area contributed by atoms with E-state index in [-0.39, 0.29) is 42.1 Å². The molecule has 148 valence electrons. The second kappa shape index (κ2) is 10.4. The van der Waals surface area contributed by atoms with E-state index in [9.17, 15) is 9.90 Å². The molecule has 1 fully saturated rings. The van der Waals surface area contributed by atoms with Crippen LogP contribution in [0, 0.1) is 5.41 Å². The first kappa shape index (κ1) is 24.2. The van der Waals surface area contributed by atoms with Crippen molar-refractivity contribution in [3.63, 3.8) is 0 Å². The molecule has 0 saturated carbocycles. The maximum atomic E-state index is 12.1. The van der Waals surface area contributed by atoms with Crippen molar-refractivity contribution in [2.24, 2.45) is 16.1 Å². The summed E-state index contributed by atoms with van der Waals surface area (Å²) in [6, 6.07) is 0. The summed E-state index contributed by atoms with van der Waals surface area (Å²) < 4.78 is 5.39. The summed E-state index contributed by atoms with van der Waals surface area (Å²) in [4.78, 5) is 20.2. The molecule has 0 aliphatic carbocycles. The minimum Gasteiger partial charge on any atom is -0.444 e. The van der Waals surface area contributed by atoms with Crippen LogP contribution >= 0.6 is 24.0 Å². The zero-order chi connectivity index (χ0) is 18.4. The number of rotatable bonds is 5. The molecule has 3 N–H and O–H groups in total. The Hall–Kier alpha value is -0.770. The highest BCUT2D eigenvalue weighted by atomic mass is 127. The lowest BCUT2D eigenvalue weighted by molar-refractivity contribution is 0.0186. The predicted octanol–water partition coefficient (Wildman–Crippen LogP) is 2.27. The number of carbonyl (C=O) groups is 1. The highest BCUT2D eigenvalue weighted by Gasteiger charge is 2.28. The van der Waals surface area contributed by atoms with E-state index in [1.165, 1.54) is 0 Å². The summed E-state index contributed by atoms with van der Waals surface area (Å²) >= 11 is 0. The lowest BCUT2D eigenvalue weighted by atomic mass is 9.83. The molecule has 1 amide bonds. The van der Waals surface area contributed by atoms with Gasteiger partial charge in [-0.3, -0.25) is 4.99 Å². The molecule has 0 spiro atoms. The molecule has 0 aromatic heterocycles. The SMILES string of the molecule is CCC(CC)(CO)CN=C(N)N1CCN(C(=O)OC(C)(C)C)CC1.I. The van der Waals surface area contributed by atoms with Crippen molar-refractivity contribution in [1.29, 1.82) is 0 Å². The normalized spacial score (nSPS) is 16.5. The maximum Gasteiger partial charge on any atom is 0.410 e. The van der Waals surface area contributed by atoms with Gasteiger partial charge in [0.05, 0.1) is 13.2 Å². The van der Waals surface area contributed by atoms with Gasteiger partial charge in [-0.1, -0.05) is 13.8 Å². The summed E-state index contributed by atoms with van der Waals surface area (Å²) in [5, 5.41) is 9.61. The molecule has 0 radical (unpaired) electrons. The Morgan fingerprint density at radius 1 is 1.12 bits per heavy atom. The lowest BCUT2D eigenvalue weighted by Gasteiger charge is -2.36. The van der Waals surface area contributed by atoms with Gasteiger partial charge in [-0.2, -0.15) is 0 Å². The zero-order valence-corrected chi connectivity index (χ0v) is 18.6. The number of hydrogen-bond donors (Lipinski definition) is 2. The van der Waals surface area contributed by atoms with E-state index in [4.69, 9.17) is 10.5 Å². The molecule has 1 heterocycles. The van der Waals surface area contributed by atoms with Gasteiger partial charge >= 0.3 is 6.09 Å². The van der Waals surface area contributed by atoms with Gasteiger partial charge in [0.1, 0.15) is 5.60 Å². The Morgan fingerprint density at radius 2 is 1.60 bits per heavy atom. The fraction of sp³-hybridized carbons (Fsp3) is 0.882. The second-order valence-corrected chi connectivity index (χ2v) is 7.49. The van der Waals surface area contributed by atoms with E-state index in [1.54, 1.807) is 4.90 Å². The van der Waals surface area contributed by atoms with Crippen molar-refractivity contribution in [1.82, 2.24) is 9.80 Å². The van der Waals surface area contributed by atoms with Crippen LogP contribution in [0.1, 0.15) is 47.5 Å². The molecule has 0 aromatic carbocycles. The molecule has 1 rings (SSSR count). The number of guanidine groups is 1. The molecule has 25 heavy (non-hydrogen) atoms. The van der Waals surface area contributed by atoms with Crippen molar-refractivity contribution in [2.75, 3.05) is 39.3 Å². The third kappa shape index (κ3) is 7.55. The minimum atomic E-state index is -0.483. The van der Waals surface area contributed by atoms with Gasteiger partial charge in [0, 0.05) is 31.6 Å². The second-order valence-electron chi connectivity index (χ2n) is 7.49. The van der Waals surface area contributed by atoms with Crippen molar-refractivity contribution < 1.29 is 14.6 Å². The Labute approximate surface area is 169 Å². The van der Waals surface area contributed by atoms with E-state index in [0.29, 0.717) is 38.7 Å². The zero-order valence-electron chi connectivity index (χ0n) is 16.2. The summed E-state index contributed by atoms with van der Waals surface area (Å²) in [7, 11) is 0. The first-order chi connectivity index (χ1) is 11.2. The summed E-state index contributed by atoms with van der Waals surface area (Å²) in [5.41, 5.74) is 5.43. The number of carbonyl (C=O) groups excluding carboxylic acids is 1. The van der Waals surface area contributed by atoms with Crippen LogP contribution in [0.25, 0.3) is 0 Å². The molecule has 0 atom stereocenters. The Kier molecular flexibility index (Phi) is 10.1. The average Bonchev–Trinajstić information content (AvgIpc) is 2.55. The van der Waals surface area contributed by atoms with E-state index in [2.05, 4.69) is 18.8 Å². The van der Waals surface area contributed by atoms with Gasteiger partial charge in [-0.25, -0.2) is 4.79 Å². The van der Waals surface area contributed by atoms with Crippen molar-refractivity contribution >= 4 is 36.0 Å². The van der Waals surface area contributed by atoms with Gasteiger partial charge in [0.25, 0.3) is 0 Å². The Balaban J connectivity index is 0.00000576. The molecule has 1 saturated heterocycles. The number of ether oxygens (including phenoxy) is 1. The van der Waals surface area contributed by atoms with Crippen LogP contribution in [-0.4, -0.2) is 71.9 Å². The monoisotopic (exact) mass is 470 g/mol. The van der Waals surface area contributed by atoms with Crippen molar-refractivity contribution in [3.05, 3.63) is 0 Å². The summed E-state index contributed by atoms with van der Waals surface area (Å²) in [6.07, 6.45) is 1.45. The Bertz CT molecular complexity index is 431. The highest BCUT2D eigenvalue weighted by Crippen LogP contribution is 2.25. The van der Waals surface area contributed by atoms with Crippen LogP contribution in [0.5, 0.6) is 0 Å². The van der Waals surface area contributed by atoms with Gasteiger partial charge in [-0.05, 0) is 33.6 Å². The van der Waals surface area contributed by atoms with E-state index in [1.807, 2.05) is 25.7 Å². The summed E-state index contributed by atoms with van der Waals surface area (Å²) in [6.45, 7) is 12.8. The number of aliphatic hydroxyl groups excluding tert-OH is 1. The molecule has 0 bridgehead atoms. The first-order valence-corrected chi connectivity index (χ1v) is 8.80. The van der Waals surface area contributed by atoms with E-state index >= 15 is 0 Å². The summed E-state index contributed by atoms with van der Waals surface area (Å²) in [5.74, 6) is 0.485. The predicted molar refractivity (Wildman–Crippen MR) is 111 cm³/mol. The molecular formula is C17H35IN4O3. The number of hydrogen-bond acceptors (Lipinski definition) is 4. The molecule has 0 unspecified atom stereocenters. The van der Waals surface area contributed by atoms with Crippen LogP contribution in [0.4, 0.5) is 4.79 Å². The number of aliphatic hydroxyl groups is 1. The van der Waals surface area contributed by atoms with Crippen LogP contribution in [-0.2, 0) is 4.74 Å². The number of amides is 1. The quantitative estimate of drug-likeness (QED) is 0.366. The van der Waals surface area contributed by atoms with Gasteiger partial charge in [0.15, 0.2) is 5.96 Å². The van der Waals surface area contributed by atoms with Gasteiger partial charge in [0.2, 0.25) is 0 Å². The number of nitrogens with zero attached hydrogens (tertiary/aromatic N) is 3. The molecule has 1 aliphatic rings. The third-order valence-corrected chi connectivity index (χ3v) is 4.67. The lowest BCUT2D eigenvalue weighted by Crippen LogP contribution is -2.53. The minimum absolute atomic E-state index is 0. The fourth-order valence-electron chi connectivity index (χ4n) is 2.54. The average molecular weight is 470 g/mol. The van der Waals surface area contributed by atoms with E-state index < -0.39 is 5.60 Å². The van der Waals surface area contributed by atoms with Crippen molar-refractivity contribution in [3.8, 4) is 0 Å². The van der Waals surface area contributed by atoms with Crippen molar-refractivity contribution in [2.45, 2.75) is 53.1 Å². The number of halogens is 1. The maximum absolute atomic E-state index is 12.1. The third-order valence-electron chi connectivity index (χ3n) is 4.67. The van der Waals surface area contributed by atoms with Gasteiger partial charge < -0.3 is 25.4 Å². The van der Waals surface area contributed by atoms with E-state index in [0.717, 1.165) is 12.8 Å². The molecule has 0 aromatic rings. The number of nitrogens with two attached hydrogens (primary N) is 1. The van der Waals surface area contributed by atoms with Crippen LogP contribution in [0.2, 0.25) is 0 Å². The molecule has 8 heteroatoms. The highest BCUT2D eigenvalue weighted by molar-refractivity contribution is 14.0. The standard InChI is InChI=1S/C17H34N4O3.HI/c1-6-17(7-2,13-22)12-19-14(18)20-8-10-21(11-9-20)15(23)24-16(3,4)5;/h22H,6-13H2,1-5H3,(H2,18,19);1H. The smallest absolute Gasteiger partial charge is 0.410 e. The largest absolute Gasteiger partial charge is 0.444 e. The number of piperazine rings is 1. The van der Waals surface area contributed by atoms with Crippen LogP contribution in [0.3, 0.4) is 0 Å².